The molecule has 1 heterocycles. The first kappa shape index (κ1) is 17.2. The third-order valence-electron chi connectivity index (χ3n) is 3.64. The fourth-order valence-electron chi connectivity index (χ4n) is 2.31. The Morgan fingerprint density at radius 3 is 2.77 bits per heavy atom. The van der Waals surface area contributed by atoms with E-state index in [1.807, 2.05) is 0 Å². The van der Waals surface area contributed by atoms with Crippen LogP contribution in [0.1, 0.15) is 17.3 Å². The molecule has 0 saturated heterocycles. The molecule has 0 bridgehead atoms. The molecule has 3 rings (SSSR count). The molecule has 2 aromatic carbocycles. The van der Waals surface area contributed by atoms with Gasteiger partial charge in [-0.05, 0) is 25.1 Å². The van der Waals surface area contributed by atoms with Crippen molar-refractivity contribution in [2.24, 2.45) is 0 Å². The molecule has 0 spiro atoms. The monoisotopic (exact) mass is 358 g/mol. The summed E-state index contributed by atoms with van der Waals surface area (Å²) < 4.78 is 15.9. The Bertz CT molecular complexity index is 881. The van der Waals surface area contributed by atoms with Gasteiger partial charge in [0, 0.05) is 23.9 Å². The van der Waals surface area contributed by atoms with Gasteiger partial charge >= 0.3 is 0 Å². The minimum Gasteiger partial charge on any atom is -0.480 e. The lowest BCUT2D eigenvalue weighted by molar-refractivity contribution is -0.384. The zero-order valence-corrected chi connectivity index (χ0v) is 13.6. The SMILES string of the molecule is C[C@H](Oc1ccc([N+](=O)[O-])cc1C=O)C(=O)Nc1ccc2c(c1)OCO2. The standard InChI is InChI=1S/C17H14N2O7/c1-10(26-14-5-3-13(19(22)23)6-11(14)8-20)17(21)18-12-2-4-15-16(7-12)25-9-24-15/h2-8,10H,9H2,1H3,(H,18,21)/t10-/m0/s1. The molecule has 0 aliphatic carbocycles. The number of aldehydes is 1. The van der Waals surface area contributed by atoms with E-state index in [-0.39, 0.29) is 23.8 Å². The lowest BCUT2D eigenvalue weighted by atomic mass is 10.2. The van der Waals surface area contributed by atoms with Crippen LogP contribution < -0.4 is 19.5 Å². The van der Waals surface area contributed by atoms with E-state index in [1.165, 1.54) is 19.1 Å². The van der Waals surface area contributed by atoms with Crippen molar-refractivity contribution in [3.8, 4) is 17.2 Å². The molecule has 1 aliphatic rings. The topological polar surface area (TPSA) is 117 Å². The highest BCUT2D eigenvalue weighted by Gasteiger charge is 2.20. The van der Waals surface area contributed by atoms with E-state index in [0.29, 0.717) is 23.5 Å². The lowest BCUT2D eigenvalue weighted by Gasteiger charge is -2.16. The van der Waals surface area contributed by atoms with E-state index < -0.39 is 16.9 Å². The van der Waals surface area contributed by atoms with Gasteiger partial charge in [0.05, 0.1) is 10.5 Å². The van der Waals surface area contributed by atoms with E-state index in [2.05, 4.69) is 5.32 Å². The predicted octanol–water partition coefficient (Wildman–Crippen LogP) is 2.54. The average Bonchev–Trinajstić information content (AvgIpc) is 3.09. The molecule has 1 atom stereocenters. The number of nitro benzene ring substituents is 1. The van der Waals surface area contributed by atoms with Gasteiger partial charge in [-0.25, -0.2) is 0 Å². The van der Waals surface area contributed by atoms with Crippen molar-refractivity contribution in [3.63, 3.8) is 0 Å². The number of non-ortho nitro benzene ring substituents is 1. The second-order valence-electron chi connectivity index (χ2n) is 5.41. The Balaban J connectivity index is 1.69. The molecular formula is C17H14N2O7. The minimum atomic E-state index is -0.944. The molecule has 1 N–H and O–H groups in total. The molecule has 0 radical (unpaired) electrons. The first-order chi connectivity index (χ1) is 12.5. The summed E-state index contributed by atoms with van der Waals surface area (Å²) in [5, 5.41) is 13.4. The maximum Gasteiger partial charge on any atom is 0.270 e. The second kappa shape index (κ2) is 7.09. The number of ether oxygens (including phenoxy) is 3. The molecule has 0 fully saturated rings. The summed E-state index contributed by atoms with van der Waals surface area (Å²) >= 11 is 0. The predicted molar refractivity (Wildman–Crippen MR) is 89.8 cm³/mol. The Morgan fingerprint density at radius 1 is 1.27 bits per heavy atom. The first-order valence-electron chi connectivity index (χ1n) is 7.58. The zero-order valence-electron chi connectivity index (χ0n) is 13.6. The van der Waals surface area contributed by atoms with Crippen molar-refractivity contribution in [1.29, 1.82) is 0 Å². The Hall–Kier alpha value is -3.62. The first-order valence-corrected chi connectivity index (χ1v) is 7.58. The Morgan fingerprint density at radius 2 is 2.04 bits per heavy atom. The van der Waals surface area contributed by atoms with Crippen LogP contribution in [0.15, 0.2) is 36.4 Å². The number of nitrogens with zero attached hydrogens (tertiary/aromatic N) is 1. The molecule has 9 heteroatoms. The van der Waals surface area contributed by atoms with Crippen LogP contribution in [0.5, 0.6) is 17.2 Å². The van der Waals surface area contributed by atoms with Gasteiger partial charge in [-0.3, -0.25) is 19.7 Å². The summed E-state index contributed by atoms with van der Waals surface area (Å²) in [6, 6.07) is 8.52. The van der Waals surface area contributed by atoms with Crippen LogP contribution in [0.4, 0.5) is 11.4 Å². The van der Waals surface area contributed by atoms with E-state index in [0.717, 1.165) is 6.07 Å². The number of hydrogen-bond acceptors (Lipinski definition) is 7. The summed E-state index contributed by atoms with van der Waals surface area (Å²) in [4.78, 5) is 33.6. The fraction of sp³-hybridized carbons (Fsp3) is 0.176. The van der Waals surface area contributed by atoms with E-state index in [4.69, 9.17) is 14.2 Å². The molecule has 26 heavy (non-hydrogen) atoms. The van der Waals surface area contributed by atoms with Gasteiger partial charge in [0.1, 0.15) is 5.75 Å². The van der Waals surface area contributed by atoms with E-state index in [9.17, 15) is 19.7 Å². The molecule has 1 amide bonds. The number of amides is 1. The number of fused-ring (bicyclic) bond motifs is 1. The maximum absolute atomic E-state index is 12.3. The third kappa shape index (κ3) is 3.56. The lowest BCUT2D eigenvalue weighted by Crippen LogP contribution is -2.30. The van der Waals surface area contributed by atoms with Crippen LogP contribution in [0.3, 0.4) is 0 Å². The number of nitrogens with one attached hydrogen (secondary N) is 1. The van der Waals surface area contributed by atoms with Crippen LogP contribution in [-0.2, 0) is 4.79 Å². The molecular weight excluding hydrogens is 344 g/mol. The van der Waals surface area contributed by atoms with Crippen LogP contribution in [0.25, 0.3) is 0 Å². The van der Waals surface area contributed by atoms with Crippen molar-refractivity contribution >= 4 is 23.6 Å². The van der Waals surface area contributed by atoms with Gasteiger partial charge in [-0.15, -0.1) is 0 Å². The van der Waals surface area contributed by atoms with Gasteiger partial charge in [0.25, 0.3) is 11.6 Å². The van der Waals surface area contributed by atoms with Gasteiger partial charge in [-0.2, -0.15) is 0 Å². The van der Waals surface area contributed by atoms with E-state index >= 15 is 0 Å². The number of hydrogen-bond donors (Lipinski definition) is 1. The number of benzene rings is 2. The highest BCUT2D eigenvalue weighted by atomic mass is 16.7. The summed E-state index contributed by atoms with van der Waals surface area (Å²) in [6.45, 7) is 1.62. The van der Waals surface area contributed by atoms with E-state index in [1.54, 1.807) is 18.2 Å². The highest BCUT2D eigenvalue weighted by Crippen LogP contribution is 2.34. The minimum absolute atomic E-state index is 0.0121. The van der Waals surface area contributed by atoms with Gasteiger partial charge < -0.3 is 19.5 Å². The molecule has 134 valence electrons. The molecule has 0 aromatic heterocycles. The van der Waals surface area contributed by atoms with Crippen LogP contribution >= 0.6 is 0 Å². The molecule has 0 saturated carbocycles. The van der Waals surface area contributed by atoms with Crippen molar-refractivity contribution in [1.82, 2.24) is 0 Å². The number of carbonyl (C=O) groups excluding carboxylic acids is 2. The fourth-order valence-corrected chi connectivity index (χ4v) is 2.31. The summed E-state index contributed by atoms with van der Waals surface area (Å²) in [7, 11) is 0. The second-order valence-corrected chi connectivity index (χ2v) is 5.41. The molecule has 1 aliphatic heterocycles. The zero-order chi connectivity index (χ0) is 18.7. The Labute approximate surface area is 147 Å². The summed E-state index contributed by atoms with van der Waals surface area (Å²) in [5.41, 5.74) is 0.243. The van der Waals surface area contributed by atoms with Gasteiger partial charge in [0.15, 0.2) is 23.9 Å². The van der Waals surface area contributed by atoms with Crippen LogP contribution in [-0.4, -0.2) is 30.0 Å². The van der Waals surface area contributed by atoms with Crippen molar-refractivity contribution < 1.29 is 28.7 Å². The van der Waals surface area contributed by atoms with Crippen molar-refractivity contribution in [3.05, 3.63) is 52.1 Å². The number of nitro groups is 1. The van der Waals surface area contributed by atoms with Crippen LogP contribution in [0, 0.1) is 10.1 Å². The number of carbonyl (C=O) groups is 2. The highest BCUT2D eigenvalue weighted by molar-refractivity contribution is 5.94. The summed E-state index contributed by atoms with van der Waals surface area (Å²) in [6.07, 6.45) is -0.509. The number of rotatable bonds is 6. The molecule has 0 unspecified atom stereocenters. The smallest absolute Gasteiger partial charge is 0.270 e. The van der Waals surface area contributed by atoms with Crippen LogP contribution in [0.2, 0.25) is 0 Å². The normalized spacial score (nSPS) is 13.0. The van der Waals surface area contributed by atoms with Crippen molar-refractivity contribution in [2.75, 3.05) is 12.1 Å². The van der Waals surface area contributed by atoms with Crippen molar-refractivity contribution in [2.45, 2.75) is 13.0 Å². The average molecular weight is 358 g/mol. The Kier molecular flexibility index (Phi) is 4.70. The largest absolute Gasteiger partial charge is 0.480 e. The number of anilines is 1. The quantitative estimate of drug-likeness (QED) is 0.479. The molecule has 2 aromatic rings. The van der Waals surface area contributed by atoms with Gasteiger partial charge in [-0.1, -0.05) is 0 Å². The molecule has 9 nitrogen and oxygen atoms in total. The summed E-state index contributed by atoms with van der Waals surface area (Å²) in [5.74, 6) is 0.738. The van der Waals surface area contributed by atoms with Gasteiger partial charge in [0.2, 0.25) is 6.79 Å². The maximum atomic E-state index is 12.3. The third-order valence-corrected chi connectivity index (χ3v) is 3.64.